The minimum absolute atomic E-state index is 0.349. The molecule has 0 fully saturated rings. The van der Waals surface area contributed by atoms with E-state index in [4.69, 9.17) is 5.73 Å². The van der Waals surface area contributed by atoms with E-state index >= 15 is 0 Å². The Bertz CT molecular complexity index is 2140. The van der Waals surface area contributed by atoms with Gasteiger partial charge in [0.15, 0.2) is 0 Å². The standard InChI is InChI=1S/C42H40N2/c1-25(2)36-23-38(43)34-19-17-33-37(26(3)4)24-40(35-20-18-32(36)41(34)42(33)35)44(31-15-12-27(5)13-16-31)39-21-14-30(22-28(39)6)29-10-8-7-9-11-29/h7-26H,43H2,1-6H3. The number of nitrogens with zero attached hydrogens (tertiary/aromatic N) is 1. The Labute approximate surface area is 261 Å². The molecule has 0 saturated carbocycles. The largest absolute Gasteiger partial charge is 0.398 e. The first-order chi connectivity index (χ1) is 21.2. The molecule has 0 aliphatic carbocycles. The predicted octanol–water partition coefficient (Wildman–Crippen LogP) is 12.2. The fraction of sp³-hybridized carbons (Fsp3) is 0.190. The molecule has 7 aromatic carbocycles. The Morgan fingerprint density at radius 3 is 1.75 bits per heavy atom. The van der Waals surface area contributed by atoms with Crippen molar-refractivity contribution in [3.05, 3.63) is 131 Å². The summed E-state index contributed by atoms with van der Waals surface area (Å²) in [5.74, 6) is 0.724. The van der Waals surface area contributed by atoms with Crippen molar-refractivity contribution in [2.45, 2.75) is 53.4 Å². The quantitative estimate of drug-likeness (QED) is 0.159. The molecule has 44 heavy (non-hydrogen) atoms. The molecule has 2 N–H and O–H groups in total. The summed E-state index contributed by atoms with van der Waals surface area (Å²) in [7, 11) is 0. The first-order valence-electron chi connectivity index (χ1n) is 15.8. The van der Waals surface area contributed by atoms with Crippen molar-refractivity contribution in [2.75, 3.05) is 10.6 Å². The van der Waals surface area contributed by atoms with Gasteiger partial charge in [0.2, 0.25) is 0 Å². The summed E-state index contributed by atoms with van der Waals surface area (Å²) in [6.45, 7) is 13.5. The smallest absolute Gasteiger partial charge is 0.0543 e. The minimum Gasteiger partial charge on any atom is -0.398 e. The molecule has 0 spiro atoms. The summed E-state index contributed by atoms with van der Waals surface area (Å²) >= 11 is 0. The van der Waals surface area contributed by atoms with Gasteiger partial charge in [0.05, 0.1) is 5.69 Å². The molecule has 218 valence electrons. The highest BCUT2D eigenvalue weighted by molar-refractivity contribution is 6.28. The van der Waals surface area contributed by atoms with Crippen LogP contribution < -0.4 is 10.6 Å². The first kappa shape index (κ1) is 28.0. The van der Waals surface area contributed by atoms with E-state index in [1.807, 2.05) is 0 Å². The topological polar surface area (TPSA) is 29.3 Å². The van der Waals surface area contributed by atoms with Gasteiger partial charge in [-0.25, -0.2) is 0 Å². The summed E-state index contributed by atoms with van der Waals surface area (Å²) in [6, 6.07) is 40.3. The van der Waals surface area contributed by atoms with Crippen molar-refractivity contribution in [1.29, 1.82) is 0 Å². The lowest BCUT2D eigenvalue weighted by Gasteiger charge is -2.31. The summed E-state index contributed by atoms with van der Waals surface area (Å²) in [6.07, 6.45) is 0. The van der Waals surface area contributed by atoms with Crippen LogP contribution in [0.2, 0.25) is 0 Å². The van der Waals surface area contributed by atoms with Crippen molar-refractivity contribution in [1.82, 2.24) is 0 Å². The highest BCUT2D eigenvalue weighted by Gasteiger charge is 2.24. The van der Waals surface area contributed by atoms with E-state index in [0.29, 0.717) is 11.8 Å². The third-order valence-electron chi connectivity index (χ3n) is 9.29. The van der Waals surface area contributed by atoms with Crippen LogP contribution in [0.5, 0.6) is 0 Å². The van der Waals surface area contributed by atoms with Crippen LogP contribution in [0.1, 0.15) is 61.8 Å². The molecule has 2 heteroatoms. The number of rotatable bonds is 6. The highest BCUT2D eigenvalue weighted by Crippen LogP contribution is 2.49. The van der Waals surface area contributed by atoms with E-state index < -0.39 is 0 Å². The van der Waals surface area contributed by atoms with Gasteiger partial charge in [-0.15, -0.1) is 0 Å². The summed E-state index contributed by atoms with van der Waals surface area (Å²) in [4.78, 5) is 2.47. The van der Waals surface area contributed by atoms with E-state index in [1.54, 1.807) is 0 Å². The van der Waals surface area contributed by atoms with Crippen LogP contribution in [0.4, 0.5) is 22.7 Å². The van der Waals surface area contributed by atoms with E-state index in [9.17, 15) is 0 Å². The first-order valence-corrected chi connectivity index (χ1v) is 15.8. The molecular weight excluding hydrogens is 532 g/mol. The second kappa shape index (κ2) is 10.7. The van der Waals surface area contributed by atoms with Gasteiger partial charge in [-0.2, -0.15) is 0 Å². The number of aryl methyl sites for hydroxylation is 2. The summed E-state index contributed by atoms with van der Waals surface area (Å²) in [5.41, 5.74) is 18.8. The van der Waals surface area contributed by atoms with Crippen LogP contribution >= 0.6 is 0 Å². The van der Waals surface area contributed by atoms with E-state index in [1.165, 1.54) is 71.7 Å². The average molecular weight is 573 g/mol. The Morgan fingerprint density at radius 1 is 0.523 bits per heavy atom. The average Bonchev–Trinajstić information content (AvgIpc) is 3.02. The third kappa shape index (κ3) is 4.48. The van der Waals surface area contributed by atoms with Crippen LogP contribution in [0.25, 0.3) is 43.4 Å². The van der Waals surface area contributed by atoms with Crippen molar-refractivity contribution >= 4 is 55.1 Å². The van der Waals surface area contributed by atoms with Gasteiger partial charge < -0.3 is 10.6 Å². The van der Waals surface area contributed by atoms with Gasteiger partial charge in [-0.1, -0.05) is 106 Å². The van der Waals surface area contributed by atoms with E-state index in [-0.39, 0.29) is 0 Å². The van der Waals surface area contributed by atoms with Crippen LogP contribution in [0, 0.1) is 13.8 Å². The normalized spacial score (nSPS) is 11.9. The molecule has 0 unspecified atom stereocenters. The molecule has 0 amide bonds. The van der Waals surface area contributed by atoms with Crippen molar-refractivity contribution in [2.24, 2.45) is 0 Å². The van der Waals surface area contributed by atoms with Gasteiger partial charge in [0.1, 0.15) is 0 Å². The van der Waals surface area contributed by atoms with Crippen molar-refractivity contribution < 1.29 is 0 Å². The number of hydrogen-bond acceptors (Lipinski definition) is 2. The summed E-state index contributed by atoms with van der Waals surface area (Å²) < 4.78 is 0. The number of nitrogen functional groups attached to an aromatic ring is 1. The molecule has 0 radical (unpaired) electrons. The maximum absolute atomic E-state index is 6.77. The summed E-state index contributed by atoms with van der Waals surface area (Å²) in [5, 5.41) is 7.60. The Balaban J connectivity index is 1.58. The number of nitrogens with two attached hydrogens (primary N) is 1. The maximum atomic E-state index is 6.77. The fourth-order valence-corrected chi connectivity index (χ4v) is 7.02. The van der Waals surface area contributed by atoms with Gasteiger partial charge in [0.25, 0.3) is 0 Å². The Morgan fingerprint density at radius 2 is 1.11 bits per heavy atom. The van der Waals surface area contributed by atoms with Gasteiger partial charge in [0, 0.05) is 27.8 Å². The molecule has 7 aromatic rings. The molecule has 0 atom stereocenters. The lowest BCUT2D eigenvalue weighted by Crippen LogP contribution is -2.13. The van der Waals surface area contributed by atoms with Crippen LogP contribution in [0.15, 0.2) is 109 Å². The second-order valence-corrected chi connectivity index (χ2v) is 13.0. The minimum atomic E-state index is 0.349. The molecule has 0 saturated heterocycles. The zero-order chi connectivity index (χ0) is 30.7. The van der Waals surface area contributed by atoms with Crippen LogP contribution in [-0.4, -0.2) is 0 Å². The highest BCUT2D eigenvalue weighted by atomic mass is 15.1. The van der Waals surface area contributed by atoms with Gasteiger partial charge >= 0.3 is 0 Å². The number of anilines is 4. The lowest BCUT2D eigenvalue weighted by atomic mass is 9.84. The van der Waals surface area contributed by atoms with Gasteiger partial charge in [-0.05, 0) is 111 Å². The van der Waals surface area contributed by atoms with Crippen molar-refractivity contribution in [3.8, 4) is 11.1 Å². The van der Waals surface area contributed by atoms with Crippen LogP contribution in [0.3, 0.4) is 0 Å². The van der Waals surface area contributed by atoms with Crippen molar-refractivity contribution in [3.63, 3.8) is 0 Å². The fourth-order valence-electron chi connectivity index (χ4n) is 7.02. The second-order valence-electron chi connectivity index (χ2n) is 13.0. The maximum Gasteiger partial charge on any atom is 0.0543 e. The monoisotopic (exact) mass is 572 g/mol. The molecule has 0 heterocycles. The van der Waals surface area contributed by atoms with E-state index in [2.05, 4.69) is 156 Å². The SMILES string of the molecule is Cc1ccc(N(c2ccc(-c3ccccc3)cc2C)c2cc(C(C)C)c3ccc4c(N)cc(C(C)C)c5ccc2c3c45)cc1. The van der Waals surface area contributed by atoms with E-state index in [0.717, 1.165) is 16.8 Å². The Hall–Kier alpha value is -4.82. The lowest BCUT2D eigenvalue weighted by molar-refractivity contribution is 0.876. The van der Waals surface area contributed by atoms with Crippen LogP contribution in [-0.2, 0) is 0 Å². The molecule has 0 aliphatic heterocycles. The number of benzene rings is 7. The molecule has 0 aliphatic rings. The molecule has 2 nitrogen and oxygen atoms in total. The van der Waals surface area contributed by atoms with Gasteiger partial charge in [-0.3, -0.25) is 0 Å². The predicted molar refractivity (Wildman–Crippen MR) is 192 cm³/mol. The zero-order valence-electron chi connectivity index (χ0n) is 26.6. The number of hydrogen-bond donors (Lipinski definition) is 1. The Kier molecular flexibility index (Phi) is 6.81. The third-order valence-corrected chi connectivity index (χ3v) is 9.29. The molecule has 0 bridgehead atoms. The zero-order valence-corrected chi connectivity index (χ0v) is 26.6. The molecular formula is C42H40N2. The molecule has 7 rings (SSSR count). The molecule has 0 aromatic heterocycles.